The van der Waals surface area contributed by atoms with Crippen LogP contribution in [0.15, 0.2) is 18.2 Å². The van der Waals surface area contributed by atoms with Gasteiger partial charge in [0, 0.05) is 13.1 Å². The van der Waals surface area contributed by atoms with Gasteiger partial charge in [-0.1, -0.05) is 62.4 Å². The summed E-state index contributed by atoms with van der Waals surface area (Å²) >= 11 is 0. The molecule has 0 saturated heterocycles. The number of primary amides is 1. The lowest BCUT2D eigenvalue weighted by atomic mass is 9.97. The summed E-state index contributed by atoms with van der Waals surface area (Å²) in [7, 11) is 0. The Bertz CT molecular complexity index is 905. The van der Waals surface area contributed by atoms with E-state index in [4.69, 9.17) is 10.5 Å². The molecule has 0 aliphatic carbocycles. The molecular weight excluding hydrogens is 472 g/mol. The van der Waals surface area contributed by atoms with Gasteiger partial charge in [0.05, 0.1) is 6.42 Å². The maximum absolute atomic E-state index is 13.9. The third-order valence-corrected chi connectivity index (χ3v) is 5.63. The SMILES string of the molecule is CCCCCNC(=O)C(c1cc(C)cc(C)c1)N(CCCC)C(=O)C(CC(N)=O)NC(=O)OC(C)(C)C. The molecule has 0 aromatic heterocycles. The highest BCUT2D eigenvalue weighted by Crippen LogP contribution is 2.26. The van der Waals surface area contributed by atoms with E-state index in [0.29, 0.717) is 18.5 Å². The minimum Gasteiger partial charge on any atom is -0.444 e. The van der Waals surface area contributed by atoms with Gasteiger partial charge in [0.1, 0.15) is 17.7 Å². The predicted molar refractivity (Wildman–Crippen MR) is 145 cm³/mol. The third-order valence-electron chi connectivity index (χ3n) is 5.63. The van der Waals surface area contributed by atoms with Gasteiger partial charge in [-0.2, -0.15) is 0 Å². The number of hydrogen-bond donors (Lipinski definition) is 3. The monoisotopic (exact) mass is 518 g/mol. The molecule has 9 nitrogen and oxygen atoms in total. The summed E-state index contributed by atoms with van der Waals surface area (Å²) in [6.07, 6.45) is 2.98. The lowest BCUT2D eigenvalue weighted by molar-refractivity contribution is -0.143. The number of carbonyl (C=O) groups excluding carboxylic acids is 4. The van der Waals surface area contributed by atoms with Crippen molar-refractivity contribution in [1.82, 2.24) is 15.5 Å². The first kappa shape index (κ1) is 31.9. The Morgan fingerprint density at radius 1 is 0.973 bits per heavy atom. The van der Waals surface area contributed by atoms with E-state index in [2.05, 4.69) is 17.6 Å². The second-order valence-corrected chi connectivity index (χ2v) is 10.6. The van der Waals surface area contributed by atoms with Crippen molar-refractivity contribution in [2.75, 3.05) is 13.1 Å². The summed E-state index contributed by atoms with van der Waals surface area (Å²) in [4.78, 5) is 53.3. The average molecular weight is 519 g/mol. The van der Waals surface area contributed by atoms with Crippen molar-refractivity contribution in [1.29, 1.82) is 0 Å². The first-order valence-electron chi connectivity index (χ1n) is 13.2. The number of nitrogens with one attached hydrogen (secondary N) is 2. The van der Waals surface area contributed by atoms with Crippen LogP contribution >= 0.6 is 0 Å². The molecule has 2 unspecified atom stereocenters. The summed E-state index contributed by atoms with van der Waals surface area (Å²) < 4.78 is 5.31. The van der Waals surface area contributed by atoms with Gasteiger partial charge < -0.3 is 26.0 Å². The van der Waals surface area contributed by atoms with E-state index in [9.17, 15) is 19.2 Å². The minimum absolute atomic E-state index is 0.265. The van der Waals surface area contributed by atoms with E-state index >= 15 is 0 Å². The molecule has 1 aromatic rings. The van der Waals surface area contributed by atoms with Crippen LogP contribution in [-0.2, 0) is 19.1 Å². The van der Waals surface area contributed by atoms with Gasteiger partial charge in [-0.15, -0.1) is 0 Å². The smallest absolute Gasteiger partial charge is 0.408 e. The molecule has 4 amide bonds. The van der Waals surface area contributed by atoms with Crippen molar-refractivity contribution < 1.29 is 23.9 Å². The van der Waals surface area contributed by atoms with Crippen LogP contribution in [-0.4, -0.2) is 53.4 Å². The first-order valence-corrected chi connectivity index (χ1v) is 13.2. The Morgan fingerprint density at radius 2 is 1.57 bits per heavy atom. The van der Waals surface area contributed by atoms with Gasteiger partial charge in [0.2, 0.25) is 17.7 Å². The summed E-state index contributed by atoms with van der Waals surface area (Å²) in [5.74, 6) is -1.62. The molecule has 0 fully saturated rings. The lowest BCUT2D eigenvalue weighted by Crippen LogP contribution is -2.54. The summed E-state index contributed by atoms with van der Waals surface area (Å²) in [5.41, 5.74) is 7.23. The van der Waals surface area contributed by atoms with Gasteiger partial charge in [0.25, 0.3) is 0 Å². The fraction of sp³-hybridized carbons (Fsp3) is 0.643. The molecule has 0 heterocycles. The quantitative estimate of drug-likeness (QED) is 0.320. The molecule has 0 saturated carbocycles. The Kier molecular flexibility index (Phi) is 13.1. The molecule has 1 rings (SSSR count). The highest BCUT2D eigenvalue weighted by molar-refractivity contribution is 5.94. The van der Waals surface area contributed by atoms with Crippen molar-refractivity contribution in [2.45, 2.75) is 105 Å². The zero-order valence-electron chi connectivity index (χ0n) is 23.6. The Labute approximate surface area is 221 Å². The maximum Gasteiger partial charge on any atom is 0.408 e. The lowest BCUT2D eigenvalue weighted by Gasteiger charge is -2.34. The predicted octanol–water partition coefficient (Wildman–Crippen LogP) is 4.05. The van der Waals surface area contributed by atoms with E-state index in [1.165, 1.54) is 4.90 Å². The molecule has 0 radical (unpaired) electrons. The van der Waals surface area contributed by atoms with Crippen LogP contribution in [0.2, 0.25) is 0 Å². The molecule has 208 valence electrons. The zero-order chi connectivity index (χ0) is 28.2. The van der Waals surface area contributed by atoms with Crippen molar-refractivity contribution in [3.8, 4) is 0 Å². The Hall–Kier alpha value is -3.10. The van der Waals surface area contributed by atoms with Crippen LogP contribution in [0.25, 0.3) is 0 Å². The summed E-state index contributed by atoms with van der Waals surface area (Å²) in [5, 5.41) is 5.49. The zero-order valence-corrected chi connectivity index (χ0v) is 23.6. The van der Waals surface area contributed by atoms with Gasteiger partial charge in [-0.05, 0) is 53.0 Å². The van der Waals surface area contributed by atoms with Crippen molar-refractivity contribution in [3.05, 3.63) is 34.9 Å². The van der Waals surface area contributed by atoms with Gasteiger partial charge in [-0.3, -0.25) is 14.4 Å². The van der Waals surface area contributed by atoms with E-state index in [0.717, 1.165) is 36.8 Å². The third kappa shape index (κ3) is 11.7. The highest BCUT2D eigenvalue weighted by Gasteiger charge is 2.36. The first-order chi connectivity index (χ1) is 17.3. The van der Waals surface area contributed by atoms with Crippen molar-refractivity contribution in [2.24, 2.45) is 5.73 Å². The largest absolute Gasteiger partial charge is 0.444 e. The van der Waals surface area contributed by atoms with Crippen LogP contribution in [0.4, 0.5) is 4.79 Å². The van der Waals surface area contributed by atoms with Gasteiger partial charge >= 0.3 is 6.09 Å². The topological polar surface area (TPSA) is 131 Å². The number of unbranched alkanes of at least 4 members (excludes halogenated alkanes) is 3. The number of carbonyl (C=O) groups is 4. The molecule has 2 atom stereocenters. The van der Waals surface area contributed by atoms with E-state index < -0.39 is 42.0 Å². The Morgan fingerprint density at radius 3 is 2.08 bits per heavy atom. The number of amides is 4. The number of rotatable bonds is 14. The number of aryl methyl sites for hydroxylation is 2. The molecule has 37 heavy (non-hydrogen) atoms. The number of benzene rings is 1. The number of hydrogen-bond acceptors (Lipinski definition) is 5. The highest BCUT2D eigenvalue weighted by atomic mass is 16.6. The number of alkyl carbamates (subject to hydrolysis) is 1. The second-order valence-electron chi connectivity index (χ2n) is 10.6. The van der Waals surface area contributed by atoms with Crippen LogP contribution in [0.1, 0.15) is 95.9 Å². The number of ether oxygens (including phenoxy) is 1. The summed E-state index contributed by atoms with van der Waals surface area (Å²) in [6, 6.07) is 3.57. The van der Waals surface area contributed by atoms with Crippen LogP contribution in [0.3, 0.4) is 0 Å². The molecule has 1 aromatic carbocycles. The molecular formula is C28H46N4O5. The summed E-state index contributed by atoms with van der Waals surface area (Å²) in [6.45, 7) is 13.8. The van der Waals surface area contributed by atoms with Gasteiger partial charge in [-0.25, -0.2) is 4.79 Å². The van der Waals surface area contributed by atoms with Gasteiger partial charge in [0.15, 0.2) is 0 Å². The van der Waals surface area contributed by atoms with Crippen LogP contribution in [0, 0.1) is 13.8 Å². The van der Waals surface area contributed by atoms with Crippen LogP contribution in [0.5, 0.6) is 0 Å². The standard InChI is InChI=1S/C28H46N4O5/c1-8-10-12-13-30-25(34)24(21-16-19(3)15-20(4)17-21)32(14-11-9-2)26(35)22(18-23(29)33)31-27(36)37-28(5,6)7/h15-17,22,24H,8-14,18H2,1-7H3,(H2,29,33)(H,30,34)(H,31,36). The second kappa shape index (κ2) is 15.2. The average Bonchev–Trinajstić information content (AvgIpc) is 2.76. The fourth-order valence-electron chi connectivity index (χ4n) is 4.07. The van der Waals surface area contributed by atoms with E-state index in [1.807, 2.05) is 39.0 Å². The molecule has 0 aliphatic rings. The fourth-order valence-corrected chi connectivity index (χ4v) is 4.07. The van der Waals surface area contributed by atoms with E-state index in [-0.39, 0.29) is 12.5 Å². The normalized spacial score (nSPS) is 12.8. The Balaban J connectivity index is 3.47. The van der Waals surface area contributed by atoms with Crippen molar-refractivity contribution in [3.63, 3.8) is 0 Å². The van der Waals surface area contributed by atoms with E-state index in [1.54, 1.807) is 20.8 Å². The maximum atomic E-state index is 13.9. The molecule has 9 heteroatoms. The minimum atomic E-state index is -1.27. The van der Waals surface area contributed by atoms with Crippen LogP contribution < -0.4 is 16.4 Å². The molecule has 0 bridgehead atoms. The number of nitrogens with zero attached hydrogens (tertiary/aromatic N) is 1. The molecule has 0 aliphatic heterocycles. The van der Waals surface area contributed by atoms with Crippen molar-refractivity contribution >= 4 is 23.8 Å². The molecule has 4 N–H and O–H groups in total. The number of nitrogens with two attached hydrogens (primary N) is 1. The molecule has 0 spiro atoms.